The van der Waals surface area contributed by atoms with E-state index in [0.29, 0.717) is 0 Å². The second kappa shape index (κ2) is 6.71. The van der Waals surface area contributed by atoms with Gasteiger partial charge < -0.3 is 11.5 Å². The number of carbonyl (C=O) groups is 4. The smallest absolute Gasteiger partial charge is 0.224 e. The lowest BCUT2D eigenvalue weighted by atomic mass is 9.96. The average Bonchev–Trinajstić information content (AvgIpc) is 1.97. The van der Waals surface area contributed by atoms with E-state index in [9.17, 15) is 19.2 Å². The molecule has 0 spiro atoms. The van der Waals surface area contributed by atoms with Gasteiger partial charge >= 0.3 is 0 Å². The number of hydrogen-bond donors (Lipinski definition) is 2. The third-order valence-electron chi connectivity index (χ3n) is 1.90. The maximum atomic E-state index is 11.2. The summed E-state index contributed by atoms with van der Waals surface area (Å²) in [5.41, 5.74) is 9.70. The van der Waals surface area contributed by atoms with Crippen LogP contribution in [0.2, 0.25) is 0 Å². The van der Waals surface area contributed by atoms with Crippen LogP contribution in [0, 0.1) is 5.92 Å². The Kier molecular flexibility index (Phi) is 5.99. The van der Waals surface area contributed by atoms with Crippen LogP contribution in [0.4, 0.5) is 0 Å². The van der Waals surface area contributed by atoms with E-state index in [4.69, 9.17) is 11.5 Å². The SMILES string of the molecule is CC(CC(=O)CC(N)=O)CC(=O)CC(N)=O. The number of nitrogens with two attached hydrogens (primary N) is 2. The summed E-state index contributed by atoms with van der Waals surface area (Å²) in [6.07, 6.45) is -0.413. The van der Waals surface area contributed by atoms with Crippen LogP contribution >= 0.6 is 0 Å². The quantitative estimate of drug-likeness (QED) is 0.533. The molecule has 0 unspecified atom stereocenters. The minimum Gasteiger partial charge on any atom is -0.369 e. The van der Waals surface area contributed by atoms with Crippen molar-refractivity contribution >= 4 is 23.4 Å². The van der Waals surface area contributed by atoms with Crippen LogP contribution in [0.3, 0.4) is 0 Å². The van der Waals surface area contributed by atoms with Gasteiger partial charge in [-0.3, -0.25) is 19.2 Å². The van der Waals surface area contributed by atoms with Crippen LogP contribution in [0.5, 0.6) is 0 Å². The summed E-state index contributed by atoms with van der Waals surface area (Å²) in [6.45, 7) is 1.69. The maximum absolute atomic E-state index is 11.2. The van der Waals surface area contributed by atoms with Crippen molar-refractivity contribution in [3.05, 3.63) is 0 Å². The van der Waals surface area contributed by atoms with Gasteiger partial charge in [0.1, 0.15) is 11.6 Å². The summed E-state index contributed by atoms with van der Waals surface area (Å²) in [5, 5.41) is 0. The first-order valence-electron chi connectivity index (χ1n) is 4.91. The van der Waals surface area contributed by atoms with Crippen molar-refractivity contribution in [1.29, 1.82) is 0 Å². The number of primary amides is 2. The van der Waals surface area contributed by atoms with Crippen LogP contribution in [-0.4, -0.2) is 23.4 Å². The molecule has 6 heteroatoms. The molecule has 0 aromatic rings. The van der Waals surface area contributed by atoms with Crippen molar-refractivity contribution in [2.75, 3.05) is 0 Å². The highest BCUT2D eigenvalue weighted by Gasteiger charge is 2.15. The maximum Gasteiger partial charge on any atom is 0.224 e. The molecule has 0 heterocycles. The van der Waals surface area contributed by atoms with E-state index in [-0.39, 0.29) is 43.2 Å². The Hall–Kier alpha value is -1.72. The van der Waals surface area contributed by atoms with E-state index in [1.54, 1.807) is 6.92 Å². The summed E-state index contributed by atoms with van der Waals surface area (Å²) < 4.78 is 0. The van der Waals surface area contributed by atoms with Crippen molar-refractivity contribution < 1.29 is 19.2 Å². The molecule has 0 rings (SSSR count). The molecule has 16 heavy (non-hydrogen) atoms. The largest absolute Gasteiger partial charge is 0.369 e. The Morgan fingerprint density at radius 3 is 1.44 bits per heavy atom. The van der Waals surface area contributed by atoms with Crippen molar-refractivity contribution in [3.63, 3.8) is 0 Å². The Morgan fingerprint density at radius 1 is 0.875 bits per heavy atom. The summed E-state index contributed by atoms with van der Waals surface area (Å²) in [7, 11) is 0. The van der Waals surface area contributed by atoms with Crippen molar-refractivity contribution in [3.8, 4) is 0 Å². The third kappa shape index (κ3) is 7.66. The molecule has 0 aliphatic rings. The Balaban J connectivity index is 3.94. The lowest BCUT2D eigenvalue weighted by Gasteiger charge is -2.08. The molecule has 0 atom stereocenters. The number of carbonyl (C=O) groups excluding carboxylic acids is 4. The van der Waals surface area contributed by atoms with Crippen molar-refractivity contribution in [1.82, 2.24) is 0 Å². The van der Waals surface area contributed by atoms with Gasteiger partial charge in [-0.15, -0.1) is 0 Å². The first-order chi connectivity index (χ1) is 7.31. The molecule has 4 N–H and O–H groups in total. The monoisotopic (exact) mass is 228 g/mol. The predicted octanol–water partition coefficient (Wildman–Crippen LogP) is -0.708. The van der Waals surface area contributed by atoms with Gasteiger partial charge in [0.05, 0.1) is 12.8 Å². The van der Waals surface area contributed by atoms with Crippen molar-refractivity contribution in [2.45, 2.75) is 32.6 Å². The first kappa shape index (κ1) is 14.3. The number of hydrogen-bond acceptors (Lipinski definition) is 4. The molecule has 6 nitrogen and oxygen atoms in total. The van der Waals surface area contributed by atoms with Gasteiger partial charge in [0.25, 0.3) is 0 Å². The molecule has 0 radical (unpaired) electrons. The zero-order valence-corrected chi connectivity index (χ0v) is 9.19. The van der Waals surface area contributed by atoms with Gasteiger partial charge in [-0.2, -0.15) is 0 Å². The average molecular weight is 228 g/mol. The molecular formula is C10H16N2O4. The second-order valence-electron chi connectivity index (χ2n) is 3.88. The normalized spacial score (nSPS) is 10.1. The van der Waals surface area contributed by atoms with Gasteiger partial charge in [-0.25, -0.2) is 0 Å². The van der Waals surface area contributed by atoms with E-state index < -0.39 is 11.8 Å². The Morgan fingerprint density at radius 2 is 1.19 bits per heavy atom. The third-order valence-corrected chi connectivity index (χ3v) is 1.90. The molecule has 0 saturated carbocycles. The number of amides is 2. The van der Waals surface area contributed by atoms with E-state index >= 15 is 0 Å². The zero-order valence-electron chi connectivity index (χ0n) is 9.19. The summed E-state index contributed by atoms with van der Waals surface area (Å²) in [6, 6.07) is 0. The molecule has 0 fully saturated rings. The van der Waals surface area contributed by atoms with Gasteiger partial charge in [0.15, 0.2) is 0 Å². The van der Waals surface area contributed by atoms with E-state index in [1.807, 2.05) is 0 Å². The minimum atomic E-state index is -0.680. The van der Waals surface area contributed by atoms with Gasteiger partial charge in [-0.05, 0) is 5.92 Å². The molecule has 0 aromatic carbocycles. The lowest BCUT2D eigenvalue weighted by Crippen LogP contribution is -2.20. The summed E-state index contributed by atoms with van der Waals surface area (Å²) >= 11 is 0. The van der Waals surface area contributed by atoms with E-state index in [1.165, 1.54) is 0 Å². The number of rotatable bonds is 8. The molecular weight excluding hydrogens is 212 g/mol. The van der Waals surface area contributed by atoms with E-state index in [2.05, 4.69) is 0 Å². The van der Waals surface area contributed by atoms with Crippen molar-refractivity contribution in [2.24, 2.45) is 17.4 Å². The lowest BCUT2D eigenvalue weighted by molar-refractivity contribution is -0.126. The van der Waals surface area contributed by atoms with Crippen LogP contribution in [0.25, 0.3) is 0 Å². The van der Waals surface area contributed by atoms with Crippen LogP contribution in [0.15, 0.2) is 0 Å². The van der Waals surface area contributed by atoms with Gasteiger partial charge in [0.2, 0.25) is 11.8 Å². The first-order valence-corrected chi connectivity index (χ1v) is 4.91. The van der Waals surface area contributed by atoms with Crippen LogP contribution in [0.1, 0.15) is 32.6 Å². The zero-order chi connectivity index (χ0) is 12.7. The number of ketones is 2. The number of Topliss-reactive ketones (excluding diaryl/α,β-unsaturated/α-hetero) is 2. The molecule has 0 bridgehead atoms. The van der Waals surface area contributed by atoms with Crippen LogP contribution in [-0.2, 0) is 19.2 Å². The second-order valence-corrected chi connectivity index (χ2v) is 3.88. The molecule has 0 aromatic heterocycles. The van der Waals surface area contributed by atoms with E-state index in [0.717, 1.165) is 0 Å². The highest BCUT2D eigenvalue weighted by Crippen LogP contribution is 2.10. The van der Waals surface area contributed by atoms with Crippen LogP contribution < -0.4 is 11.5 Å². The predicted molar refractivity (Wildman–Crippen MR) is 56.0 cm³/mol. The summed E-state index contributed by atoms with van der Waals surface area (Å²) in [4.78, 5) is 43.2. The highest BCUT2D eigenvalue weighted by molar-refractivity contribution is 5.99. The Bertz CT molecular complexity index is 282. The standard InChI is InChI=1S/C10H16N2O4/c1-6(2-7(13)4-9(11)15)3-8(14)5-10(12)16/h6H,2-5H2,1H3,(H2,11,15)(H2,12,16). The molecule has 0 saturated heterocycles. The van der Waals surface area contributed by atoms with Gasteiger partial charge in [-0.1, -0.05) is 6.92 Å². The molecule has 2 amide bonds. The molecule has 0 aliphatic heterocycles. The van der Waals surface area contributed by atoms with Gasteiger partial charge in [0, 0.05) is 12.8 Å². The molecule has 0 aliphatic carbocycles. The Labute approximate surface area is 93.3 Å². The summed E-state index contributed by atoms with van der Waals surface area (Å²) in [5.74, 6) is -2.17. The fourth-order valence-corrected chi connectivity index (χ4v) is 1.38. The minimum absolute atomic E-state index is 0.105. The molecule has 90 valence electrons. The fraction of sp³-hybridized carbons (Fsp3) is 0.600. The highest BCUT2D eigenvalue weighted by atomic mass is 16.2. The fourth-order valence-electron chi connectivity index (χ4n) is 1.38. The topological polar surface area (TPSA) is 120 Å².